The number of rotatable bonds is 1. The minimum atomic E-state index is -5.16. The maximum atomic E-state index is 11.4. The first kappa shape index (κ1) is 15.0. The van der Waals surface area contributed by atoms with Crippen molar-refractivity contribution in [3.63, 3.8) is 0 Å². The van der Waals surface area contributed by atoms with E-state index in [1.807, 2.05) is 0 Å². The summed E-state index contributed by atoms with van der Waals surface area (Å²) < 4.78 is 49.9. The van der Waals surface area contributed by atoms with E-state index >= 15 is 0 Å². The van der Waals surface area contributed by atoms with E-state index in [0.29, 0.717) is 0 Å². The Hall–Kier alpha value is 1.48. The van der Waals surface area contributed by atoms with Crippen LogP contribution in [0.4, 0.5) is 13.2 Å². The van der Waals surface area contributed by atoms with Gasteiger partial charge in [-0.25, -0.2) is 0 Å². The van der Waals surface area contributed by atoms with E-state index in [9.17, 15) is 21.9 Å². The summed E-state index contributed by atoms with van der Waals surface area (Å²) in [4.78, 5) is 0. The van der Waals surface area contributed by atoms with Crippen LogP contribution in [0.2, 0.25) is 0 Å². The molecule has 0 heterocycles. The molecular weight excluding hydrogens is 239 g/mol. The van der Waals surface area contributed by atoms with Crippen LogP contribution in [-0.4, -0.2) is 18.6 Å². The molecule has 0 aliphatic rings. The monoisotopic (exact) mass is 238 g/mol. The van der Waals surface area contributed by atoms with E-state index in [1.54, 1.807) is 0 Å². The Morgan fingerprint density at radius 1 is 1.27 bits per heavy atom. The second-order valence-corrected chi connectivity index (χ2v) is 4.11. The quantitative estimate of drug-likeness (QED) is 0.319. The molecule has 62 valence electrons. The third kappa shape index (κ3) is 3.80. The first-order chi connectivity index (χ1) is 4.19. The van der Waals surface area contributed by atoms with Crippen LogP contribution >= 0.6 is 23.2 Å². The van der Waals surface area contributed by atoms with Crippen LogP contribution < -0.4 is 29.6 Å². The third-order valence-electron chi connectivity index (χ3n) is 0.539. The molecule has 0 fully saturated rings. The summed E-state index contributed by atoms with van der Waals surface area (Å²) in [7, 11) is 0. The average molecular weight is 239 g/mol. The Labute approximate surface area is 95.0 Å². The van der Waals surface area contributed by atoms with Gasteiger partial charge in [-0.15, -0.1) is 0 Å². The van der Waals surface area contributed by atoms with Gasteiger partial charge < -0.3 is 4.55 Å². The first-order valence-electron chi connectivity index (χ1n) is 1.73. The molecule has 0 N–H and O–H groups in total. The van der Waals surface area contributed by atoms with Crippen LogP contribution in [0, 0.1) is 0 Å². The standard InChI is InChI=1S/C2HCl2F3O2S.Na/c3-1(4,10(8)9)2(5,6)7;/h(H,8,9);/q;+1/p-1. The molecule has 0 rings (SSSR count). The fraction of sp³-hybridized carbons (Fsp3) is 1.00. The minimum Gasteiger partial charge on any atom is -0.770 e. The van der Waals surface area contributed by atoms with Crippen molar-refractivity contribution < 1.29 is 51.5 Å². The van der Waals surface area contributed by atoms with E-state index in [-0.39, 0.29) is 29.6 Å². The van der Waals surface area contributed by atoms with Gasteiger partial charge in [-0.05, 0) is 11.1 Å². The van der Waals surface area contributed by atoms with E-state index in [2.05, 4.69) is 23.2 Å². The molecule has 0 aliphatic heterocycles. The Bertz CT molecular complexity index is 160. The Kier molecular flexibility index (Phi) is 6.32. The second-order valence-electron chi connectivity index (χ2n) is 1.25. The zero-order valence-corrected chi connectivity index (χ0v) is 9.44. The van der Waals surface area contributed by atoms with Crippen LogP contribution in [0.1, 0.15) is 0 Å². The van der Waals surface area contributed by atoms with Gasteiger partial charge in [0.25, 0.3) is 3.67 Å². The Morgan fingerprint density at radius 2 is 1.55 bits per heavy atom. The topological polar surface area (TPSA) is 40.1 Å². The number of halogens is 5. The summed E-state index contributed by atoms with van der Waals surface area (Å²) in [6.07, 6.45) is -5.16. The molecule has 2 nitrogen and oxygen atoms in total. The smallest absolute Gasteiger partial charge is 0.770 e. The molecule has 0 spiro atoms. The van der Waals surface area contributed by atoms with E-state index < -0.39 is 20.9 Å². The van der Waals surface area contributed by atoms with Crippen molar-refractivity contribution in [2.75, 3.05) is 0 Å². The Balaban J connectivity index is 0. The Morgan fingerprint density at radius 3 is 1.55 bits per heavy atom. The van der Waals surface area contributed by atoms with Crippen LogP contribution in [0.3, 0.4) is 0 Å². The molecule has 9 heteroatoms. The third-order valence-corrected chi connectivity index (χ3v) is 2.37. The molecule has 1 atom stereocenters. The van der Waals surface area contributed by atoms with Gasteiger partial charge in [0.05, 0.1) is 0 Å². The van der Waals surface area contributed by atoms with E-state index in [0.717, 1.165) is 0 Å². The number of alkyl halides is 5. The van der Waals surface area contributed by atoms with Gasteiger partial charge in [0.15, 0.2) is 0 Å². The molecule has 0 radical (unpaired) electrons. The molecule has 0 aromatic carbocycles. The molecule has 0 aromatic rings. The summed E-state index contributed by atoms with van der Waals surface area (Å²) in [5, 5.41) is 0. The van der Waals surface area contributed by atoms with Crippen LogP contribution in [0.25, 0.3) is 0 Å². The molecule has 0 aromatic heterocycles. The van der Waals surface area contributed by atoms with Crippen molar-refractivity contribution in [3.8, 4) is 0 Å². The maximum Gasteiger partial charge on any atom is 1.00 e. The van der Waals surface area contributed by atoms with Crippen molar-refractivity contribution in [3.05, 3.63) is 0 Å². The summed E-state index contributed by atoms with van der Waals surface area (Å²) in [6, 6.07) is 0. The second kappa shape index (κ2) is 4.64. The molecular formula is C2Cl2F3NaO2S. The number of hydrogen-bond acceptors (Lipinski definition) is 2. The molecule has 0 saturated heterocycles. The minimum absolute atomic E-state index is 0. The van der Waals surface area contributed by atoms with Crippen LogP contribution in [-0.2, 0) is 11.1 Å². The van der Waals surface area contributed by atoms with Crippen LogP contribution in [0.5, 0.6) is 0 Å². The molecule has 1 unspecified atom stereocenters. The summed E-state index contributed by atoms with van der Waals surface area (Å²) in [6.45, 7) is 0. The van der Waals surface area contributed by atoms with Crippen molar-refractivity contribution in [1.29, 1.82) is 0 Å². The predicted molar refractivity (Wildman–Crippen MR) is 29.4 cm³/mol. The van der Waals surface area contributed by atoms with Crippen molar-refractivity contribution in [2.45, 2.75) is 9.84 Å². The van der Waals surface area contributed by atoms with Crippen molar-refractivity contribution >= 4 is 34.3 Å². The molecule has 0 aliphatic carbocycles. The normalized spacial score (nSPS) is 15.5. The molecule has 0 bridgehead atoms. The molecule has 0 saturated carbocycles. The fourth-order valence-electron chi connectivity index (χ4n) is 0.0945. The average Bonchev–Trinajstić information content (AvgIpc) is 1.62. The van der Waals surface area contributed by atoms with Crippen LogP contribution in [0.15, 0.2) is 0 Å². The zero-order valence-electron chi connectivity index (χ0n) is 5.11. The van der Waals surface area contributed by atoms with Gasteiger partial charge in [0, 0.05) is 0 Å². The molecule has 0 amide bonds. The van der Waals surface area contributed by atoms with Crippen molar-refractivity contribution in [2.24, 2.45) is 0 Å². The fourth-order valence-corrected chi connectivity index (χ4v) is 0.283. The van der Waals surface area contributed by atoms with Gasteiger partial charge in [-0.1, -0.05) is 23.2 Å². The van der Waals surface area contributed by atoms with Gasteiger partial charge in [-0.2, -0.15) is 13.2 Å². The summed E-state index contributed by atoms with van der Waals surface area (Å²) >= 11 is 5.16. The van der Waals surface area contributed by atoms with Gasteiger partial charge in [0.1, 0.15) is 0 Å². The van der Waals surface area contributed by atoms with Gasteiger partial charge in [-0.3, -0.25) is 4.21 Å². The van der Waals surface area contributed by atoms with E-state index in [1.165, 1.54) is 0 Å². The van der Waals surface area contributed by atoms with Gasteiger partial charge in [0.2, 0.25) is 0 Å². The zero-order chi connectivity index (χ0) is 8.58. The summed E-state index contributed by atoms with van der Waals surface area (Å²) in [5.74, 6) is 0. The predicted octanol–water partition coefficient (Wildman–Crippen LogP) is -1.44. The SMILES string of the molecule is O=S([O-])C(Cl)(Cl)C(F)(F)F.[Na+]. The largest absolute Gasteiger partial charge is 1.00 e. The molecule has 11 heavy (non-hydrogen) atoms. The first-order valence-corrected chi connectivity index (χ1v) is 3.56. The van der Waals surface area contributed by atoms with E-state index in [4.69, 9.17) is 0 Å². The van der Waals surface area contributed by atoms with Crippen molar-refractivity contribution in [1.82, 2.24) is 0 Å². The number of hydrogen-bond donors (Lipinski definition) is 0. The summed E-state index contributed by atoms with van der Waals surface area (Å²) in [5.41, 5.74) is 0. The van der Waals surface area contributed by atoms with Gasteiger partial charge >= 0.3 is 35.7 Å². The maximum absolute atomic E-state index is 11.4.